The number of amides is 1. The fraction of sp³-hybridized carbons (Fsp3) is 0.500. The van der Waals surface area contributed by atoms with Crippen LogP contribution < -0.4 is 4.90 Å². The molecule has 0 saturated carbocycles. The molecule has 4 rings (SSSR count). The van der Waals surface area contributed by atoms with E-state index >= 15 is 0 Å². The lowest BCUT2D eigenvalue weighted by Crippen LogP contribution is -2.51. The van der Waals surface area contributed by atoms with Crippen LogP contribution in [-0.2, 0) is 21.2 Å². The Balaban J connectivity index is 1.38. The Morgan fingerprint density at radius 1 is 1.13 bits per heavy atom. The standard InChI is InChI=1S/C22H29N3O3S2/c1-18-5-2-3-7-21(18)24-11-9-23(10-12-24)16-22(26)25(15-20-6-4-13-29-20)19-8-14-30(27,28)17-19/h2-7,13,19H,8-12,14-17H2,1H3. The van der Waals surface area contributed by atoms with Crippen LogP contribution in [0.25, 0.3) is 0 Å². The van der Waals surface area contributed by atoms with Crippen LogP contribution in [0.15, 0.2) is 41.8 Å². The Morgan fingerprint density at radius 3 is 2.53 bits per heavy atom. The smallest absolute Gasteiger partial charge is 0.237 e. The molecule has 1 atom stereocenters. The van der Waals surface area contributed by atoms with Crippen LogP contribution in [0.1, 0.15) is 16.9 Å². The van der Waals surface area contributed by atoms with Gasteiger partial charge in [-0.3, -0.25) is 9.69 Å². The van der Waals surface area contributed by atoms with E-state index < -0.39 is 9.84 Å². The van der Waals surface area contributed by atoms with Crippen LogP contribution in [0.3, 0.4) is 0 Å². The van der Waals surface area contributed by atoms with Crippen LogP contribution in [0.2, 0.25) is 0 Å². The van der Waals surface area contributed by atoms with Crippen molar-refractivity contribution in [3.8, 4) is 0 Å². The van der Waals surface area contributed by atoms with Gasteiger partial charge in [-0.15, -0.1) is 11.3 Å². The number of carbonyl (C=O) groups is 1. The van der Waals surface area contributed by atoms with E-state index in [1.807, 2.05) is 22.4 Å². The highest BCUT2D eigenvalue weighted by Crippen LogP contribution is 2.23. The lowest BCUT2D eigenvalue weighted by atomic mass is 10.1. The van der Waals surface area contributed by atoms with Crippen molar-refractivity contribution in [3.63, 3.8) is 0 Å². The van der Waals surface area contributed by atoms with Crippen LogP contribution >= 0.6 is 11.3 Å². The van der Waals surface area contributed by atoms with E-state index in [9.17, 15) is 13.2 Å². The van der Waals surface area contributed by atoms with Gasteiger partial charge >= 0.3 is 0 Å². The van der Waals surface area contributed by atoms with Crippen molar-refractivity contribution < 1.29 is 13.2 Å². The molecular formula is C22H29N3O3S2. The van der Waals surface area contributed by atoms with Gasteiger partial charge in [0.05, 0.1) is 24.6 Å². The zero-order chi connectivity index (χ0) is 21.1. The van der Waals surface area contributed by atoms with E-state index in [1.165, 1.54) is 11.3 Å². The van der Waals surface area contributed by atoms with Crippen molar-refractivity contribution in [2.24, 2.45) is 0 Å². The van der Waals surface area contributed by atoms with Gasteiger partial charge < -0.3 is 9.80 Å². The molecule has 2 fully saturated rings. The molecule has 2 aromatic rings. The highest BCUT2D eigenvalue weighted by Gasteiger charge is 2.35. The van der Waals surface area contributed by atoms with Gasteiger partial charge in [0.25, 0.3) is 0 Å². The molecule has 0 N–H and O–H groups in total. The fourth-order valence-electron chi connectivity index (χ4n) is 4.36. The van der Waals surface area contributed by atoms with E-state index in [0.717, 1.165) is 31.1 Å². The second-order valence-corrected chi connectivity index (χ2v) is 11.5. The number of nitrogens with zero attached hydrogens (tertiary/aromatic N) is 3. The Labute approximate surface area is 183 Å². The van der Waals surface area contributed by atoms with Gasteiger partial charge in [0.2, 0.25) is 5.91 Å². The minimum absolute atomic E-state index is 0.0369. The summed E-state index contributed by atoms with van der Waals surface area (Å²) in [4.78, 5) is 20.7. The predicted molar refractivity (Wildman–Crippen MR) is 122 cm³/mol. The van der Waals surface area contributed by atoms with Gasteiger partial charge in [0.15, 0.2) is 9.84 Å². The minimum atomic E-state index is -3.04. The van der Waals surface area contributed by atoms with Crippen molar-refractivity contribution in [2.75, 3.05) is 49.1 Å². The summed E-state index contributed by atoms with van der Waals surface area (Å²) in [6.07, 6.45) is 0.542. The van der Waals surface area contributed by atoms with E-state index in [0.29, 0.717) is 19.5 Å². The summed E-state index contributed by atoms with van der Waals surface area (Å²) in [5, 5.41) is 1.99. The van der Waals surface area contributed by atoms with Gasteiger partial charge in [-0.2, -0.15) is 0 Å². The molecule has 0 radical (unpaired) electrons. The number of benzene rings is 1. The van der Waals surface area contributed by atoms with Gasteiger partial charge in [-0.25, -0.2) is 8.42 Å². The van der Waals surface area contributed by atoms with Crippen LogP contribution in [0, 0.1) is 6.92 Å². The Kier molecular flexibility index (Phi) is 6.46. The van der Waals surface area contributed by atoms with Crippen molar-refractivity contribution >= 4 is 32.8 Å². The van der Waals surface area contributed by atoms with Gasteiger partial charge in [0, 0.05) is 42.8 Å². The van der Waals surface area contributed by atoms with E-state index in [1.54, 1.807) is 11.3 Å². The quantitative estimate of drug-likeness (QED) is 0.681. The number of hydrogen-bond donors (Lipinski definition) is 0. The van der Waals surface area contributed by atoms with E-state index in [4.69, 9.17) is 0 Å². The molecule has 162 valence electrons. The fourth-order valence-corrected chi connectivity index (χ4v) is 6.79. The molecule has 0 aliphatic carbocycles. The second-order valence-electron chi connectivity index (χ2n) is 8.21. The maximum atomic E-state index is 13.2. The molecule has 2 aliphatic heterocycles. The molecule has 8 heteroatoms. The highest BCUT2D eigenvalue weighted by atomic mass is 32.2. The number of sulfone groups is 1. The van der Waals surface area contributed by atoms with Crippen LogP contribution in [0.5, 0.6) is 0 Å². The number of aryl methyl sites for hydroxylation is 1. The normalized spacial score (nSPS) is 21.6. The molecule has 1 amide bonds. The molecule has 6 nitrogen and oxygen atoms in total. The summed E-state index contributed by atoms with van der Waals surface area (Å²) in [5.74, 6) is 0.307. The van der Waals surface area contributed by atoms with Crippen molar-refractivity contribution in [1.29, 1.82) is 0 Å². The van der Waals surface area contributed by atoms with Crippen molar-refractivity contribution in [2.45, 2.75) is 25.9 Å². The highest BCUT2D eigenvalue weighted by molar-refractivity contribution is 7.91. The lowest BCUT2D eigenvalue weighted by Gasteiger charge is -2.38. The largest absolute Gasteiger partial charge is 0.369 e. The average Bonchev–Trinajstić information content (AvgIpc) is 3.36. The van der Waals surface area contributed by atoms with Gasteiger partial charge in [-0.1, -0.05) is 24.3 Å². The summed E-state index contributed by atoms with van der Waals surface area (Å²) < 4.78 is 24.0. The molecule has 0 bridgehead atoms. The lowest BCUT2D eigenvalue weighted by molar-refractivity contribution is -0.135. The maximum Gasteiger partial charge on any atom is 0.237 e. The SMILES string of the molecule is Cc1ccccc1N1CCN(CC(=O)N(Cc2cccs2)C2CCS(=O)(=O)C2)CC1. The van der Waals surface area contributed by atoms with Gasteiger partial charge in [-0.05, 0) is 36.4 Å². The number of anilines is 1. The topological polar surface area (TPSA) is 60.9 Å². The molecule has 1 aromatic heterocycles. The minimum Gasteiger partial charge on any atom is -0.369 e. The molecule has 1 unspecified atom stereocenters. The second kappa shape index (κ2) is 9.08. The first-order valence-electron chi connectivity index (χ1n) is 10.5. The Bertz CT molecular complexity index is 967. The third-order valence-corrected chi connectivity index (χ3v) is 8.67. The summed E-state index contributed by atoms with van der Waals surface area (Å²) in [6.45, 7) is 6.42. The first-order valence-corrected chi connectivity index (χ1v) is 13.2. The molecule has 0 spiro atoms. The predicted octanol–water partition coefficient (Wildman–Crippen LogP) is 2.39. The summed E-state index contributed by atoms with van der Waals surface area (Å²) >= 11 is 1.61. The molecule has 2 aliphatic rings. The Morgan fingerprint density at radius 2 is 1.90 bits per heavy atom. The molecule has 3 heterocycles. The molecule has 2 saturated heterocycles. The number of thiophene rings is 1. The Hall–Kier alpha value is -1.90. The number of piperazine rings is 1. The number of para-hydroxylation sites is 1. The first-order chi connectivity index (χ1) is 14.4. The number of rotatable bonds is 6. The summed E-state index contributed by atoms with van der Waals surface area (Å²) in [7, 11) is -3.04. The van der Waals surface area contributed by atoms with Crippen molar-refractivity contribution in [3.05, 3.63) is 52.2 Å². The van der Waals surface area contributed by atoms with E-state index in [2.05, 4.69) is 41.0 Å². The molecule has 30 heavy (non-hydrogen) atoms. The number of carbonyl (C=O) groups excluding carboxylic acids is 1. The summed E-state index contributed by atoms with van der Waals surface area (Å²) in [5.41, 5.74) is 2.53. The van der Waals surface area contributed by atoms with Crippen LogP contribution in [0.4, 0.5) is 5.69 Å². The first kappa shape index (κ1) is 21.3. The molecular weight excluding hydrogens is 418 g/mol. The molecule has 1 aromatic carbocycles. The van der Waals surface area contributed by atoms with E-state index in [-0.39, 0.29) is 23.5 Å². The third-order valence-electron chi connectivity index (χ3n) is 6.06. The van der Waals surface area contributed by atoms with Crippen LogP contribution in [-0.4, -0.2) is 74.4 Å². The maximum absolute atomic E-state index is 13.2. The number of hydrogen-bond acceptors (Lipinski definition) is 6. The van der Waals surface area contributed by atoms with Crippen molar-refractivity contribution in [1.82, 2.24) is 9.80 Å². The summed E-state index contributed by atoms with van der Waals surface area (Å²) in [6, 6.07) is 12.2. The third kappa shape index (κ3) is 5.04. The average molecular weight is 448 g/mol. The zero-order valence-corrected chi connectivity index (χ0v) is 19.0. The van der Waals surface area contributed by atoms with Gasteiger partial charge in [0.1, 0.15) is 0 Å². The zero-order valence-electron chi connectivity index (χ0n) is 17.4. The monoisotopic (exact) mass is 447 g/mol.